The van der Waals surface area contributed by atoms with Gasteiger partial charge in [-0.15, -0.1) is 11.3 Å². The summed E-state index contributed by atoms with van der Waals surface area (Å²) in [6.07, 6.45) is 0. The molecule has 4 nitrogen and oxygen atoms in total. The molecule has 1 unspecified atom stereocenters. The molecule has 0 bridgehead atoms. The summed E-state index contributed by atoms with van der Waals surface area (Å²) >= 11 is 1.56. The van der Waals surface area contributed by atoms with Gasteiger partial charge in [0.1, 0.15) is 5.82 Å². The maximum atomic E-state index is 12.9. The first kappa shape index (κ1) is 17.1. The molecule has 0 saturated carbocycles. The van der Waals surface area contributed by atoms with Crippen LogP contribution in [0.1, 0.15) is 34.1 Å². The molecule has 0 spiro atoms. The molecule has 1 aromatic carbocycles. The largest absolute Gasteiger partial charge is 0.245 e. The molecule has 0 amide bonds. The Labute approximate surface area is 134 Å². The molecule has 1 atom stereocenters. The number of thiazole rings is 1. The van der Waals surface area contributed by atoms with Crippen molar-refractivity contribution in [2.75, 3.05) is 7.05 Å². The average molecular weight is 342 g/mol. The first-order chi connectivity index (χ1) is 10.2. The SMILES string of the molecule is Cc1nc(C(C)N(C)S(=O)(=O)Cc2ccc(F)cc2)c(C)s1. The van der Waals surface area contributed by atoms with Crippen molar-refractivity contribution < 1.29 is 12.8 Å². The molecule has 0 aliphatic rings. The number of aryl methyl sites for hydroxylation is 2. The van der Waals surface area contributed by atoms with Crippen molar-refractivity contribution in [3.8, 4) is 0 Å². The van der Waals surface area contributed by atoms with Crippen LogP contribution >= 0.6 is 11.3 Å². The normalized spacial score (nSPS) is 13.5. The molecular weight excluding hydrogens is 323 g/mol. The van der Waals surface area contributed by atoms with E-state index in [0.29, 0.717) is 5.56 Å². The highest BCUT2D eigenvalue weighted by atomic mass is 32.2. The zero-order valence-electron chi connectivity index (χ0n) is 13.0. The summed E-state index contributed by atoms with van der Waals surface area (Å²) in [4.78, 5) is 5.45. The molecule has 120 valence electrons. The highest BCUT2D eigenvalue weighted by Gasteiger charge is 2.27. The van der Waals surface area contributed by atoms with E-state index in [0.717, 1.165) is 15.6 Å². The highest BCUT2D eigenvalue weighted by Crippen LogP contribution is 2.28. The number of sulfonamides is 1. The van der Waals surface area contributed by atoms with Crippen LogP contribution in [0, 0.1) is 19.7 Å². The standard InChI is InChI=1S/C15H19FN2O2S2/c1-10(15-11(2)21-12(3)17-15)18(4)22(19,20)9-13-5-7-14(16)8-6-13/h5-8,10H,9H2,1-4H3. The summed E-state index contributed by atoms with van der Waals surface area (Å²) in [5, 5.41) is 0.920. The molecule has 0 saturated heterocycles. The molecular formula is C15H19FN2O2S2. The van der Waals surface area contributed by atoms with Crippen LogP contribution in [-0.4, -0.2) is 24.8 Å². The van der Waals surface area contributed by atoms with Gasteiger partial charge in [0.2, 0.25) is 10.0 Å². The second kappa shape index (κ2) is 6.44. The molecule has 2 aromatic rings. The predicted octanol–water partition coefficient (Wildman–Crippen LogP) is 3.42. The first-order valence-corrected chi connectivity index (χ1v) is 9.27. The van der Waals surface area contributed by atoms with Gasteiger partial charge in [-0.05, 0) is 38.5 Å². The fourth-order valence-corrected chi connectivity index (χ4v) is 4.55. The van der Waals surface area contributed by atoms with Gasteiger partial charge in [0.05, 0.1) is 22.5 Å². The van der Waals surface area contributed by atoms with Crippen molar-refractivity contribution in [1.82, 2.24) is 9.29 Å². The Bertz CT molecular complexity index is 754. The minimum absolute atomic E-state index is 0.156. The number of aromatic nitrogens is 1. The van der Waals surface area contributed by atoms with Crippen molar-refractivity contribution in [1.29, 1.82) is 0 Å². The van der Waals surface area contributed by atoms with E-state index in [2.05, 4.69) is 4.98 Å². The molecule has 0 N–H and O–H groups in total. The van der Waals surface area contributed by atoms with E-state index >= 15 is 0 Å². The Hall–Kier alpha value is -1.31. The van der Waals surface area contributed by atoms with E-state index in [-0.39, 0.29) is 17.6 Å². The number of rotatable bonds is 5. The number of nitrogens with zero attached hydrogens (tertiary/aromatic N) is 2. The van der Waals surface area contributed by atoms with Crippen LogP contribution in [0.25, 0.3) is 0 Å². The van der Waals surface area contributed by atoms with Gasteiger partial charge < -0.3 is 0 Å². The molecule has 0 radical (unpaired) electrons. The minimum atomic E-state index is -3.51. The van der Waals surface area contributed by atoms with E-state index in [1.165, 1.54) is 28.6 Å². The zero-order valence-corrected chi connectivity index (χ0v) is 14.6. The van der Waals surface area contributed by atoms with Crippen LogP contribution in [0.5, 0.6) is 0 Å². The smallest absolute Gasteiger partial charge is 0.218 e. The third-order valence-electron chi connectivity index (χ3n) is 3.58. The van der Waals surface area contributed by atoms with Gasteiger partial charge in [-0.25, -0.2) is 17.8 Å². The van der Waals surface area contributed by atoms with Crippen molar-refractivity contribution >= 4 is 21.4 Å². The van der Waals surface area contributed by atoms with Gasteiger partial charge in [0, 0.05) is 11.9 Å². The summed E-state index contributed by atoms with van der Waals surface area (Å²) in [7, 11) is -1.95. The second-order valence-electron chi connectivity index (χ2n) is 5.25. The van der Waals surface area contributed by atoms with Gasteiger partial charge in [-0.2, -0.15) is 4.31 Å². The molecule has 1 heterocycles. The van der Waals surface area contributed by atoms with Gasteiger partial charge >= 0.3 is 0 Å². The van der Waals surface area contributed by atoms with Crippen LogP contribution < -0.4 is 0 Å². The molecule has 0 aliphatic heterocycles. The van der Waals surface area contributed by atoms with Crippen molar-refractivity contribution in [3.05, 3.63) is 51.2 Å². The second-order valence-corrected chi connectivity index (χ2v) is 8.68. The number of hydrogen-bond donors (Lipinski definition) is 0. The van der Waals surface area contributed by atoms with Crippen LogP contribution in [0.15, 0.2) is 24.3 Å². The summed E-state index contributed by atoms with van der Waals surface area (Å²) in [6, 6.07) is 5.17. The lowest BCUT2D eigenvalue weighted by Crippen LogP contribution is -2.31. The summed E-state index contributed by atoms with van der Waals surface area (Å²) in [5.41, 5.74) is 1.35. The quantitative estimate of drug-likeness (QED) is 0.836. The molecule has 0 aliphatic carbocycles. The van der Waals surface area contributed by atoms with Gasteiger partial charge in [0.25, 0.3) is 0 Å². The van der Waals surface area contributed by atoms with E-state index in [1.54, 1.807) is 18.4 Å². The number of benzene rings is 1. The van der Waals surface area contributed by atoms with E-state index in [1.807, 2.05) is 20.8 Å². The number of hydrogen-bond acceptors (Lipinski definition) is 4. The average Bonchev–Trinajstić information content (AvgIpc) is 2.78. The maximum absolute atomic E-state index is 12.9. The Morgan fingerprint density at radius 1 is 1.27 bits per heavy atom. The lowest BCUT2D eigenvalue weighted by Gasteiger charge is -2.23. The summed E-state index contributed by atoms with van der Waals surface area (Å²) in [6.45, 7) is 5.67. The minimum Gasteiger partial charge on any atom is -0.245 e. The van der Waals surface area contributed by atoms with E-state index in [9.17, 15) is 12.8 Å². The van der Waals surface area contributed by atoms with Crippen molar-refractivity contribution in [2.45, 2.75) is 32.6 Å². The Balaban J connectivity index is 2.21. The molecule has 2 rings (SSSR count). The van der Waals surface area contributed by atoms with E-state index < -0.39 is 10.0 Å². The van der Waals surface area contributed by atoms with Crippen LogP contribution in [-0.2, 0) is 15.8 Å². The van der Waals surface area contributed by atoms with Gasteiger partial charge in [-0.1, -0.05) is 12.1 Å². The summed E-state index contributed by atoms with van der Waals surface area (Å²) < 4.78 is 39.3. The maximum Gasteiger partial charge on any atom is 0.218 e. The fraction of sp³-hybridized carbons (Fsp3) is 0.400. The Morgan fingerprint density at radius 3 is 2.36 bits per heavy atom. The third-order valence-corrected chi connectivity index (χ3v) is 6.38. The van der Waals surface area contributed by atoms with Crippen molar-refractivity contribution in [2.24, 2.45) is 0 Å². The van der Waals surface area contributed by atoms with E-state index in [4.69, 9.17) is 0 Å². The number of halogens is 1. The van der Waals surface area contributed by atoms with Crippen molar-refractivity contribution in [3.63, 3.8) is 0 Å². The fourth-order valence-electron chi connectivity index (χ4n) is 2.24. The zero-order chi connectivity index (χ0) is 16.5. The molecule has 1 aromatic heterocycles. The third kappa shape index (κ3) is 3.71. The molecule has 0 fully saturated rings. The van der Waals surface area contributed by atoms with Crippen LogP contribution in [0.3, 0.4) is 0 Å². The predicted molar refractivity (Wildman–Crippen MR) is 86.8 cm³/mol. The van der Waals surface area contributed by atoms with Crippen LogP contribution in [0.2, 0.25) is 0 Å². The van der Waals surface area contributed by atoms with Crippen LogP contribution in [0.4, 0.5) is 4.39 Å². The summed E-state index contributed by atoms with van der Waals surface area (Å²) in [5.74, 6) is -0.535. The first-order valence-electron chi connectivity index (χ1n) is 6.85. The lowest BCUT2D eigenvalue weighted by molar-refractivity contribution is 0.391. The van der Waals surface area contributed by atoms with Gasteiger partial charge in [0.15, 0.2) is 0 Å². The topological polar surface area (TPSA) is 50.3 Å². The molecule has 7 heteroatoms. The highest BCUT2D eigenvalue weighted by molar-refractivity contribution is 7.88. The lowest BCUT2D eigenvalue weighted by atomic mass is 10.2. The van der Waals surface area contributed by atoms with Gasteiger partial charge in [-0.3, -0.25) is 0 Å². The molecule has 22 heavy (non-hydrogen) atoms. The Morgan fingerprint density at radius 2 is 1.86 bits per heavy atom. The Kier molecular flexibility index (Phi) is 4.99. The monoisotopic (exact) mass is 342 g/mol.